The van der Waals surface area contributed by atoms with E-state index < -0.39 is 0 Å². The SMILES string of the molecule is C=Cc1cccc(/C=C/CCCCCCCC)c1. The summed E-state index contributed by atoms with van der Waals surface area (Å²) in [5, 5.41) is 0. The van der Waals surface area contributed by atoms with Crippen molar-refractivity contribution in [3.8, 4) is 0 Å². The van der Waals surface area contributed by atoms with Crippen molar-refractivity contribution in [2.24, 2.45) is 0 Å². The van der Waals surface area contributed by atoms with Crippen LogP contribution in [0.5, 0.6) is 0 Å². The van der Waals surface area contributed by atoms with Crippen LogP contribution in [0.25, 0.3) is 12.2 Å². The van der Waals surface area contributed by atoms with E-state index >= 15 is 0 Å². The highest BCUT2D eigenvalue weighted by Gasteiger charge is 1.90. The van der Waals surface area contributed by atoms with Crippen molar-refractivity contribution >= 4 is 12.2 Å². The van der Waals surface area contributed by atoms with Crippen molar-refractivity contribution in [1.82, 2.24) is 0 Å². The predicted molar refractivity (Wildman–Crippen MR) is 83.6 cm³/mol. The van der Waals surface area contributed by atoms with Crippen LogP contribution in [0, 0.1) is 0 Å². The van der Waals surface area contributed by atoms with Crippen LogP contribution in [0.15, 0.2) is 36.9 Å². The molecule has 0 N–H and O–H groups in total. The summed E-state index contributed by atoms with van der Waals surface area (Å²) in [7, 11) is 0. The molecular formula is C18H26. The zero-order valence-corrected chi connectivity index (χ0v) is 11.7. The number of hydrogen-bond donors (Lipinski definition) is 0. The first kappa shape index (κ1) is 14.8. The van der Waals surface area contributed by atoms with Gasteiger partial charge in [-0.25, -0.2) is 0 Å². The first-order valence-electron chi connectivity index (χ1n) is 7.26. The fourth-order valence-corrected chi connectivity index (χ4v) is 2.05. The van der Waals surface area contributed by atoms with E-state index in [-0.39, 0.29) is 0 Å². The molecule has 0 aromatic heterocycles. The lowest BCUT2D eigenvalue weighted by Gasteiger charge is -1.98. The molecule has 0 amide bonds. The van der Waals surface area contributed by atoms with E-state index in [1.165, 1.54) is 56.1 Å². The van der Waals surface area contributed by atoms with E-state index in [9.17, 15) is 0 Å². The van der Waals surface area contributed by atoms with Crippen molar-refractivity contribution in [2.75, 3.05) is 0 Å². The maximum atomic E-state index is 3.79. The molecule has 0 atom stereocenters. The molecule has 0 heteroatoms. The fourth-order valence-electron chi connectivity index (χ4n) is 2.05. The molecule has 0 spiro atoms. The lowest BCUT2D eigenvalue weighted by molar-refractivity contribution is 0.611. The van der Waals surface area contributed by atoms with Gasteiger partial charge < -0.3 is 0 Å². The molecule has 0 bridgehead atoms. The van der Waals surface area contributed by atoms with Crippen molar-refractivity contribution in [3.05, 3.63) is 48.0 Å². The Morgan fingerprint density at radius 2 is 1.72 bits per heavy atom. The second-order valence-corrected chi connectivity index (χ2v) is 4.83. The Labute approximate surface area is 112 Å². The topological polar surface area (TPSA) is 0 Å². The van der Waals surface area contributed by atoms with Gasteiger partial charge in [0.1, 0.15) is 0 Å². The maximum Gasteiger partial charge on any atom is -0.0254 e. The number of unbranched alkanes of at least 4 members (excludes halogenated alkanes) is 6. The van der Waals surface area contributed by atoms with Gasteiger partial charge >= 0.3 is 0 Å². The molecule has 1 rings (SSSR count). The summed E-state index contributed by atoms with van der Waals surface area (Å²) in [6, 6.07) is 8.48. The Morgan fingerprint density at radius 1 is 1.00 bits per heavy atom. The van der Waals surface area contributed by atoms with Gasteiger partial charge in [0, 0.05) is 0 Å². The number of rotatable bonds is 9. The Balaban J connectivity index is 2.17. The summed E-state index contributed by atoms with van der Waals surface area (Å²) < 4.78 is 0. The molecule has 0 aliphatic heterocycles. The Kier molecular flexibility index (Phi) is 7.96. The van der Waals surface area contributed by atoms with Crippen molar-refractivity contribution in [3.63, 3.8) is 0 Å². The minimum absolute atomic E-state index is 1.19. The zero-order chi connectivity index (χ0) is 13.1. The first-order chi connectivity index (χ1) is 8.86. The standard InChI is InChI=1S/C18H26/c1-3-5-6-7-8-9-10-11-13-18-15-12-14-17(4-2)16-18/h4,11-16H,2-3,5-10H2,1H3/b13-11+. The van der Waals surface area contributed by atoms with Crippen LogP contribution in [-0.4, -0.2) is 0 Å². The minimum Gasteiger partial charge on any atom is -0.0985 e. The third-order valence-electron chi connectivity index (χ3n) is 3.18. The first-order valence-corrected chi connectivity index (χ1v) is 7.26. The number of hydrogen-bond acceptors (Lipinski definition) is 0. The number of allylic oxidation sites excluding steroid dienone is 1. The highest BCUT2D eigenvalue weighted by molar-refractivity contribution is 5.56. The highest BCUT2D eigenvalue weighted by Crippen LogP contribution is 2.11. The largest absolute Gasteiger partial charge is 0.0985 e. The molecular weight excluding hydrogens is 216 g/mol. The molecule has 0 radical (unpaired) electrons. The second kappa shape index (κ2) is 9.70. The van der Waals surface area contributed by atoms with Crippen molar-refractivity contribution < 1.29 is 0 Å². The lowest BCUT2D eigenvalue weighted by atomic mass is 10.1. The zero-order valence-electron chi connectivity index (χ0n) is 11.7. The van der Waals surface area contributed by atoms with Gasteiger partial charge in [-0.15, -0.1) is 0 Å². The van der Waals surface area contributed by atoms with E-state index in [1.54, 1.807) is 0 Å². The van der Waals surface area contributed by atoms with Gasteiger partial charge in [0.15, 0.2) is 0 Å². The van der Waals surface area contributed by atoms with Gasteiger partial charge in [0.2, 0.25) is 0 Å². The molecule has 0 aliphatic carbocycles. The van der Waals surface area contributed by atoms with E-state index in [0.717, 1.165) is 0 Å². The lowest BCUT2D eigenvalue weighted by Crippen LogP contribution is -1.78. The molecule has 0 unspecified atom stereocenters. The quantitative estimate of drug-likeness (QED) is 0.459. The number of benzene rings is 1. The smallest absolute Gasteiger partial charge is 0.0254 e. The van der Waals surface area contributed by atoms with Gasteiger partial charge in [-0.2, -0.15) is 0 Å². The van der Waals surface area contributed by atoms with E-state index in [1.807, 2.05) is 6.08 Å². The summed E-state index contributed by atoms with van der Waals surface area (Å²) in [5.74, 6) is 0. The van der Waals surface area contributed by atoms with E-state index in [2.05, 4.69) is 49.9 Å². The van der Waals surface area contributed by atoms with E-state index in [0.29, 0.717) is 0 Å². The molecule has 18 heavy (non-hydrogen) atoms. The normalized spacial score (nSPS) is 10.9. The van der Waals surface area contributed by atoms with Crippen LogP contribution in [0.1, 0.15) is 63.0 Å². The van der Waals surface area contributed by atoms with Gasteiger partial charge in [-0.1, -0.05) is 82.0 Å². The average molecular weight is 242 g/mol. The van der Waals surface area contributed by atoms with Gasteiger partial charge in [0.25, 0.3) is 0 Å². The Hall–Kier alpha value is -1.30. The van der Waals surface area contributed by atoms with Gasteiger partial charge in [-0.05, 0) is 30.0 Å². The molecule has 1 aromatic carbocycles. The van der Waals surface area contributed by atoms with Crippen molar-refractivity contribution in [2.45, 2.75) is 51.9 Å². The molecule has 0 nitrogen and oxygen atoms in total. The summed E-state index contributed by atoms with van der Waals surface area (Å²) in [6.45, 7) is 6.06. The maximum absolute atomic E-state index is 3.79. The summed E-state index contributed by atoms with van der Waals surface area (Å²) >= 11 is 0. The molecule has 98 valence electrons. The van der Waals surface area contributed by atoms with Crippen LogP contribution in [0.4, 0.5) is 0 Å². The summed E-state index contributed by atoms with van der Waals surface area (Å²) in [6.07, 6.45) is 15.8. The van der Waals surface area contributed by atoms with Crippen LogP contribution in [0.3, 0.4) is 0 Å². The predicted octanol–water partition coefficient (Wildman–Crippen LogP) is 6.09. The minimum atomic E-state index is 1.19. The van der Waals surface area contributed by atoms with Crippen LogP contribution < -0.4 is 0 Å². The molecule has 0 saturated heterocycles. The van der Waals surface area contributed by atoms with Crippen LogP contribution in [0.2, 0.25) is 0 Å². The van der Waals surface area contributed by atoms with Gasteiger partial charge in [0.05, 0.1) is 0 Å². The third kappa shape index (κ3) is 6.44. The van der Waals surface area contributed by atoms with Crippen molar-refractivity contribution in [1.29, 1.82) is 0 Å². The highest BCUT2D eigenvalue weighted by atomic mass is 14.0. The molecule has 0 heterocycles. The van der Waals surface area contributed by atoms with E-state index in [4.69, 9.17) is 0 Å². The summed E-state index contributed by atoms with van der Waals surface area (Å²) in [5.41, 5.74) is 2.47. The molecule has 0 fully saturated rings. The monoisotopic (exact) mass is 242 g/mol. The average Bonchev–Trinajstić information content (AvgIpc) is 2.42. The second-order valence-electron chi connectivity index (χ2n) is 4.83. The fraction of sp³-hybridized carbons (Fsp3) is 0.444. The molecule has 1 aromatic rings. The van der Waals surface area contributed by atoms with Gasteiger partial charge in [-0.3, -0.25) is 0 Å². The molecule has 0 saturated carbocycles. The summed E-state index contributed by atoms with van der Waals surface area (Å²) in [4.78, 5) is 0. The van der Waals surface area contributed by atoms with Crippen LogP contribution in [-0.2, 0) is 0 Å². The van der Waals surface area contributed by atoms with Crippen LogP contribution >= 0.6 is 0 Å². The molecule has 0 aliphatic rings. The Bertz CT molecular complexity index is 360. The third-order valence-corrected chi connectivity index (χ3v) is 3.18. The Morgan fingerprint density at radius 3 is 2.50 bits per heavy atom.